The summed E-state index contributed by atoms with van der Waals surface area (Å²) >= 11 is 0. The number of carbonyl (C=O) groups excluding carboxylic acids is 4. The van der Waals surface area contributed by atoms with Crippen molar-refractivity contribution in [3.8, 4) is 0 Å². The van der Waals surface area contributed by atoms with Crippen LogP contribution in [0.3, 0.4) is 0 Å². The molecule has 0 bridgehead atoms. The molecule has 9 nitrogen and oxygen atoms in total. The first-order valence-corrected chi connectivity index (χ1v) is 12.0. The number of likely N-dealkylation sites (tertiary alicyclic amines) is 1. The van der Waals surface area contributed by atoms with Crippen molar-refractivity contribution in [2.75, 3.05) is 31.5 Å². The first kappa shape index (κ1) is 23.4. The molecule has 2 saturated heterocycles. The minimum atomic E-state index is -0.948. The zero-order valence-corrected chi connectivity index (χ0v) is 19.0. The minimum Gasteiger partial charge on any atom is -0.382 e. The number of nitrogens with zero attached hydrogens (tertiary/aromatic N) is 2. The van der Waals surface area contributed by atoms with Gasteiger partial charge in [0.2, 0.25) is 11.8 Å². The second-order valence-corrected chi connectivity index (χ2v) is 9.14. The van der Waals surface area contributed by atoms with Gasteiger partial charge in [-0.2, -0.15) is 0 Å². The number of carbonyl (C=O) groups is 4. The van der Waals surface area contributed by atoms with Gasteiger partial charge in [0.15, 0.2) is 0 Å². The maximum absolute atomic E-state index is 13.2. The summed E-state index contributed by atoms with van der Waals surface area (Å²) in [7, 11) is 0. The molecule has 0 spiro atoms. The highest BCUT2D eigenvalue weighted by Gasteiger charge is 2.45. The van der Waals surface area contributed by atoms with E-state index in [9.17, 15) is 19.2 Å². The van der Waals surface area contributed by atoms with E-state index in [1.165, 1.54) is 19.3 Å². The van der Waals surface area contributed by atoms with Crippen LogP contribution in [-0.4, -0.2) is 71.7 Å². The van der Waals surface area contributed by atoms with Gasteiger partial charge in [0.05, 0.1) is 11.1 Å². The molecule has 1 unspecified atom stereocenters. The van der Waals surface area contributed by atoms with Gasteiger partial charge in [0, 0.05) is 31.2 Å². The van der Waals surface area contributed by atoms with Crippen LogP contribution in [0.25, 0.3) is 0 Å². The number of imide groups is 2. The largest absolute Gasteiger partial charge is 0.382 e. The third kappa shape index (κ3) is 5.09. The molecule has 4 N–H and O–H groups in total. The quantitative estimate of drug-likeness (QED) is 0.380. The number of anilines is 1. The summed E-state index contributed by atoms with van der Waals surface area (Å²) in [5, 5.41) is 5.72. The van der Waals surface area contributed by atoms with Gasteiger partial charge in [-0.05, 0) is 57.3 Å². The molecule has 0 radical (unpaired) electrons. The average molecular weight is 456 g/mol. The van der Waals surface area contributed by atoms with Gasteiger partial charge in [-0.25, -0.2) is 0 Å². The van der Waals surface area contributed by atoms with Crippen molar-refractivity contribution in [1.82, 2.24) is 15.1 Å². The minimum absolute atomic E-state index is 0.112. The molecular weight excluding hydrogens is 422 g/mol. The number of fused-ring (bicyclic) bond motifs is 1. The van der Waals surface area contributed by atoms with Gasteiger partial charge in [-0.1, -0.05) is 18.9 Å². The number of hydrogen-bond acceptors (Lipinski definition) is 7. The molecule has 2 fully saturated rings. The van der Waals surface area contributed by atoms with E-state index in [-0.39, 0.29) is 24.8 Å². The Labute approximate surface area is 194 Å². The summed E-state index contributed by atoms with van der Waals surface area (Å²) < 4.78 is 0. The molecule has 0 aliphatic carbocycles. The van der Waals surface area contributed by atoms with Crippen LogP contribution >= 0.6 is 0 Å². The SMILES string of the molecule is NCCCCCCN1CCC(Nc2cccc3c2C(=O)N(C2CCC(=O)NC2=O)C3=O)CC1. The van der Waals surface area contributed by atoms with Gasteiger partial charge >= 0.3 is 0 Å². The predicted octanol–water partition coefficient (Wildman–Crippen LogP) is 1.48. The van der Waals surface area contributed by atoms with Crippen molar-refractivity contribution >= 4 is 29.3 Å². The zero-order chi connectivity index (χ0) is 23.4. The van der Waals surface area contributed by atoms with E-state index in [0.29, 0.717) is 16.8 Å². The predicted molar refractivity (Wildman–Crippen MR) is 124 cm³/mol. The molecule has 1 aromatic carbocycles. The third-order valence-corrected chi connectivity index (χ3v) is 6.84. The molecule has 0 aromatic heterocycles. The van der Waals surface area contributed by atoms with E-state index in [2.05, 4.69) is 15.5 Å². The molecule has 0 saturated carbocycles. The molecule has 4 amide bonds. The van der Waals surface area contributed by atoms with Crippen LogP contribution in [0.4, 0.5) is 5.69 Å². The lowest BCUT2D eigenvalue weighted by molar-refractivity contribution is -0.136. The van der Waals surface area contributed by atoms with E-state index in [0.717, 1.165) is 50.3 Å². The molecule has 1 atom stereocenters. The number of piperidine rings is 2. The van der Waals surface area contributed by atoms with Gasteiger partial charge in [0.1, 0.15) is 6.04 Å². The van der Waals surface area contributed by atoms with Crippen LogP contribution in [0, 0.1) is 0 Å². The van der Waals surface area contributed by atoms with Gasteiger partial charge in [0.25, 0.3) is 11.8 Å². The van der Waals surface area contributed by atoms with E-state index >= 15 is 0 Å². The lowest BCUT2D eigenvalue weighted by Gasteiger charge is -2.33. The van der Waals surface area contributed by atoms with Crippen LogP contribution in [0.5, 0.6) is 0 Å². The highest BCUT2D eigenvalue weighted by Crippen LogP contribution is 2.33. The number of rotatable bonds is 9. The fourth-order valence-corrected chi connectivity index (χ4v) is 4.99. The van der Waals surface area contributed by atoms with Crippen LogP contribution in [0.2, 0.25) is 0 Å². The Morgan fingerprint density at radius 2 is 1.73 bits per heavy atom. The molecule has 1 aromatic rings. The van der Waals surface area contributed by atoms with Gasteiger partial charge < -0.3 is 16.0 Å². The Morgan fingerprint density at radius 1 is 0.970 bits per heavy atom. The number of unbranched alkanes of at least 4 members (excludes halogenated alkanes) is 3. The summed E-state index contributed by atoms with van der Waals surface area (Å²) in [5.41, 5.74) is 6.83. The average Bonchev–Trinajstić information content (AvgIpc) is 3.06. The van der Waals surface area contributed by atoms with Crippen molar-refractivity contribution in [2.45, 2.75) is 63.5 Å². The number of nitrogens with one attached hydrogen (secondary N) is 2. The van der Waals surface area contributed by atoms with Crippen molar-refractivity contribution in [2.24, 2.45) is 5.73 Å². The first-order chi connectivity index (χ1) is 16.0. The second kappa shape index (κ2) is 10.4. The van der Waals surface area contributed by atoms with E-state index in [4.69, 9.17) is 5.73 Å². The van der Waals surface area contributed by atoms with Crippen LogP contribution in [-0.2, 0) is 9.59 Å². The number of nitrogens with two attached hydrogens (primary N) is 1. The molecule has 3 aliphatic heterocycles. The molecular formula is C24H33N5O4. The number of amides is 4. The molecule has 9 heteroatoms. The molecule has 33 heavy (non-hydrogen) atoms. The monoisotopic (exact) mass is 455 g/mol. The molecule has 4 rings (SSSR count). The highest BCUT2D eigenvalue weighted by molar-refractivity contribution is 6.25. The summed E-state index contributed by atoms with van der Waals surface area (Å²) in [4.78, 5) is 53.5. The van der Waals surface area contributed by atoms with Crippen molar-refractivity contribution in [3.05, 3.63) is 29.3 Å². The van der Waals surface area contributed by atoms with E-state index in [1.54, 1.807) is 12.1 Å². The van der Waals surface area contributed by atoms with Crippen LogP contribution < -0.4 is 16.4 Å². The summed E-state index contributed by atoms with van der Waals surface area (Å²) in [5.74, 6) is -1.91. The van der Waals surface area contributed by atoms with Crippen molar-refractivity contribution < 1.29 is 19.2 Å². The van der Waals surface area contributed by atoms with Crippen molar-refractivity contribution in [3.63, 3.8) is 0 Å². The number of hydrogen-bond donors (Lipinski definition) is 3. The van der Waals surface area contributed by atoms with Gasteiger partial charge in [-0.15, -0.1) is 0 Å². The summed E-state index contributed by atoms with van der Waals surface area (Å²) in [6.45, 7) is 3.86. The number of benzene rings is 1. The Balaban J connectivity index is 1.37. The standard InChI is InChI=1S/C24H33N5O4/c25-12-3-1-2-4-13-28-14-10-16(11-15-28)26-18-7-5-6-17-21(18)24(33)29(23(17)32)19-8-9-20(30)27-22(19)31/h5-7,16,19,26H,1-4,8-15,25H2,(H,27,30,31). The third-order valence-electron chi connectivity index (χ3n) is 6.84. The Morgan fingerprint density at radius 3 is 2.45 bits per heavy atom. The first-order valence-electron chi connectivity index (χ1n) is 12.0. The van der Waals surface area contributed by atoms with Crippen LogP contribution in [0.1, 0.15) is 72.1 Å². The fourth-order valence-electron chi connectivity index (χ4n) is 4.99. The lowest BCUT2D eigenvalue weighted by atomic mass is 10.0. The maximum atomic E-state index is 13.2. The normalized spacial score (nSPS) is 22.0. The summed E-state index contributed by atoms with van der Waals surface area (Å²) in [6.07, 6.45) is 6.88. The smallest absolute Gasteiger partial charge is 0.264 e. The molecule has 178 valence electrons. The molecule has 3 aliphatic rings. The Hall–Kier alpha value is -2.78. The Bertz CT molecular complexity index is 925. The van der Waals surface area contributed by atoms with E-state index in [1.807, 2.05) is 6.07 Å². The second-order valence-electron chi connectivity index (χ2n) is 9.14. The zero-order valence-electron chi connectivity index (χ0n) is 19.0. The summed E-state index contributed by atoms with van der Waals surface area (Å²) in [6, 6.07) is 4.48. The maximum Gasteiger partial charge on any atom is 0.264 e. The van der Waals surface area contributed by atoms with Gasteiger partial charge in [-0.3, -0.25) is 29.4 Å². The molecule has 3 heterocycles. The van der Waals surface area contributed by atoms with Crippen LogP contribution in [0.15, 0.2) is 18.2 Å². The highest BCUT2D eigenvalue weighted by atomic mass is 16.2. The lowest BCUT2D eigenvalue weighted by Crippen LogP contribution is -2.54. The fraction of sp³-hybridized carbons (Fsp3) is 0.583. The Kier molecular flexibility index (Phi) is 7.39. The topological polar surface area (TPSA) is 125 Å². The van der Waals surface area contributed by atoms with E-state index < -0.39 is 23.8 Å². The van der Waals surface area contributed by atoms with Crippen molar-refractivity contribution in [1.29, 1.82) is 0 Å².